The number of rotatable bonds is 3. The van der Waals surface area contributed by atoms with E-state index in [9.17, 15) is 9.18 Å². The fourth-order valence-electron chi connectivity index (χ4n) is 2.62. The van der Waals surface area contributed by atoms with Gasteiger partial charge in [0.05, 0.1) is 6.67 Å². The first-order valence-corrected chi connectivity index (χ1v) is 5.90. The van der Waals surface area contributed by atoms with E-state index in [0.29, 0.717) is 16.9 Å². The maximum absolute atomic E-state index is 12.3. The highest BCUT2D eigenvalue weighted by atomic mass is 32.2. The Bertz CT molecular complexity index is 195. The molecule has 0 spiro atoms. The van der Waals surface area contributed by atoms with E-state index in [4.69, 9.17) is 0 Å². The van der Waals surface area contributed by atoms with Gasteiger partial charge in [-0.25, -0.2) is 0 Å². The number of hydrogen-bond acceptors (Lipinski definition) is 2. The van der Waals surface area contributed by atoms with Crippen molar-refractivity contribution in [2.45, 2.75) is 42.6 Å². The molecule has 74 valence electrons. The number of halogens is 1. The van der Waals surface area contributed by atoms with Gasteiger partial charge in [-0.05, 0) is 32.1 Å². The van der Waals surface area contributed by atoms with Crippen molar-refractivity contribution in [1.29, 1.82) is 0 Å². The molecule has 2 aliphatic rings. The van der Waals surface area contributed by atoms with Crippen molar-refractivity contribution in [3.8, 4) is 0 Å². The normalized spacial score (nSPS) is 43.5. The van der Waals surface area contributed by atoms with E-state index in [-0.39, 0.29) is 12.1 Å². The molecule has 0 radical (unpaired) electrons. The third-order valence-electron chi connectivity index (χ3n) is 3.31. The largest absolute Gasteiger partial charge is 0.303 e. The number of alkyl halides is 1. The van der Waals surface area contributed by atoms with Gasteiger partial charge in [-0.1, -0.05) is 0 Å². The maximum atomic E-state index is 12.3. The van der Waals surface area contributed by atoms with Crippen molar-refractivity contribution in [3.63, 3.8) is 0 Å². The monoisotopic (exact) mass is 202 g/mol. The quantitative estimate of drug-likeness (QED) is 0.654. The van der Waals surface area contributed by atoms with E-state index in [2.05, 4.69) is 0 Å². The van der Waals surface area contributed by atoms with Crippen LogP contribution in [0.5, 0.6) is 0 Å². The molecular weight excluding hydrogens is 187 g/mol. The summed E-state index contributed by atoms with van der Waals surface area (Å²) in [6.45, 7) is -0.344. The standard InChI is InChI=1S/C10H15FOS/c11-4-3-10(7-12)5-8-1-2-9(6-10)13-8/h7-9H,1-6H2. The highest BCUT2D eigenvalue weighted by Crippen LogP contribution is 2.51. The Morgan fingerprint density at radius 1 is 1.38 bits per heavy atom. The fourth-order valence-corrected chi connectivity index (χ4v) is 4.56. The molecule has 13 heavy (non-hydrogen) atoms. The van der Waals surface area contributed by atoms with E-state index in [1.54, 1.807) is 0 Å². The van der Waals surface area contributed by atoms with E-state index in [0.717, 1.165) is 19.1 Å². The summed E-state index contributed by atoms with van der Waals surface area (Å²) in [6.07, 6.45) is 5.78. The van der Waals surface area contributed by atoms with Gasteiger partial charge in [0.15, 0.2) is 0 Å². The van der Waals surface area contributed by atoms with Crippen LogP contribution in [-0.2, 0) is 4.79 Å². The van der Waals surface area contributed by atoms with Crippen molar-refractivity contribution in [2.75, 3.05) is 6.67 Å². The first-order valence-electron chi connectivity index (χ1n) is 4.96. The first kappa shape index (κ1) is 9.50. The van der Waals surface area contributed by atoms with Crippen molar-refractivity contribution in [1.82, 2.24) is 0 Å². The topological polar surface area (TPSA) is 17.1 Å². The van der Waals surface area contributed by atoms with Crippen molar-refractivity contribution >= 4 is 18.0 Å². The molecule has 2 unspecified atom stereocenters. The van der Waals surface area contributed by atoms with Crippen LogP contribution in [0.25, 0.3) is 0 Å². The van der Waals surface area contributed by atoms with Gasteiger partial charge in [0.2, 0.25) is 0 Å². The SMILES string of the molecule is O=CC1(CCF)CC2CCC(C1)S2. The summed E-state index contributed by atoms with van der Waals surface area (Å²) in [5.41, 5.74) is -0.300. The van der Waals surface area contributed by atoms with Gasteiger partial charge < -0.3 is 4.79 Å². The van der Waals surface area contributed by atoms with E-state index in [1.807, 2.05) is 11.8 Å². The zero-order valence-electron chi connectivity index (χ0n) is 7.67. The molecule has 0 aromatic carbocycles. The number of aldehydes is 1. The van der Waals surface area contributed by atoms with Gasteiger partial charge in [-0.15, -0.1) is 0 Å². The minimum Gasteiger partial charge on any atom is -0.303 e. The van der Waals surface area contributed by atoms with Crippen molar-refractivity contribution in [3.05, 3.63) is 0 Å². The molecule has 2 aliphatic heterocycles. The van der Waals surface area contributed by atoms with Crippen LogP contribution in [0.3, 0.4) is 0 Å². The number of carbonyl (C=O) groups is 1. The summed E-state index contributed by atoms with van der Waals surface area (Å²) in [5, 5.41) is 1.27. The van der Waals surface area contributed by atoms with E-state index >= 15 is 0 Å². The number of thioether (sulfide) groups is 1. The zero-order chi connectivity index (χ0) is 9.31. The molecule has 2 rings (SSSR count). The van der Waals surface area contributed by atoms with Gasteiger partial charge in [0.25, 0.3) is 0 Å². The summed E-state index contributed by atoms with van der Waals surface area (Å²) >= 11 is 2.01. The molecule has 0 saturated carbocycles. The molecular formula is C10H15FOS. The van der Waals surface area contributed by atoms with Gasteiger partial charge in [0, 0.05) is 15.9 Å². The van der Waals surface area contributed by atoms with Gasteiger partial charge in [-0.3, -0.25) is 4.39 Å². The number of fused-ring (bicyclic) bond motifs is 2. The summed E-state index contributed by atoms with van der Waals surface area (Å²) in [4.78, 5) is 11.0. The lowest BCUT2D eigenvalue weighted by Gasteiger charge is -2.35. The Kier molecular flexibility index (Phi) is 2.63. The van der Waals surface area contributed by atoms with Crippen LogP contribution in [0.2, 0.25) is 0 Å². The first-order chi connectivity index (χ1) is 6.28. The van der Waals surface area contributed by atoms with E-state index < -0.39 is 0 Å². The Labute approximate surface area is 82.5 Å². The van der Waals surface area contributed by atoms with Crippen LogP contribution < -0.4 is 0 Å². The lowest BCUT2D eigenvalue weighted by atomic mass is 9.79. The molecule has 2 atom stereocenters. The zero-order valence-corrected chi connectivity index (χ0v) is 8.49. The third-order valence-corrected chi connectivity index (χ3v) is 4.88. The summed E-state index contributed by atoms with van der Waals surface area (Å²) in [6, 6.07) is 0. The van der Waals surface area contributed by atoms with Crippen LogP contribution in [-0.4, -0.2) is 23.5 Å². The minimum atomic E-state index is -0.344. The Morgan fingerprint density at radius 3 is 2.46 bits per heavy atom. The highest BCUT2D eigenvalue weighted by molar-refractivity contribution is 8.00. The molecule has 0 aromatic heterocycles. The summed E-state index contributed by atoms with van der Waals surface area (Å²) in [7, 11) is 0. The van der Waals surface area contributed by atoms with Gasteiger partial charge in [0.1, 0.15) is 6.29 Å². The second kappa shape index (κ2) is 3.60. The van der Waals surface area contributed by atoms with Crippen LogP contribution in [0.1, 0.15) is 32.1 Å². The lowest BCUT2D eigenvalue weighted by molar-refractivity contribution is -0.117. The van der Waals surface area contributed by atoms with Gasteiger partial charge in [-0.2, -0.15) is 11.8 Å². The lowest BCUT2D eigenvalue weighted by Crippen LogP contribution is -2.32. The fraction of sp³-hybridized carbons (Fsp3) is 0.900. The predicted molar refractivity (Wildman–Crippen MR) is 52.7 cm³/mol. The molecule has 2 fully saturated rings. The van der Waals surface area contributed by atoms with Gasteiger partial charge >= 0.3 is 0 Å². The highest BCUT2D eigenvalue weighted by Gasteiger charge is 2.43. The van der Waals surface area contributed by atoms with Crippen LogP contribution in [0.15, 0.2) is 0 Å². The Morgan fingerprint density at radius 2 is 2.00 bits per heavy atom. The number of hydrogen-bond donors (Lipinski definition) is 0. The van der Waals surface area contributed by atoms with Crippen LogP contribution >= 0.6 is 11.8 Å². The predicted octanol–water partition coefficient (Wildman–Crippen LogP) is 2.59. The molecule has 3 heteroatoms. The van der Waals surface area contributed by atoms with Crippen LogP contribution in [0, 0.1) is 5.41 Å². The molecule has 0 N–H and O–H groups in total. The Balaban J connectivity index is 2.08. The maximum Gasteiger partial charge on any atom is 0.126 e. The molecule has 0 aliphatic carbocycles. The van der Waals surface area contributed by atoms with Crippen LogP contribution in [0.4, 0.5) is 4.39 Å². The molecule has 2 saturated heterocycles. The summed E-state index contributed by atoms with van der Waals surface area (Å²) < 4.78 is 12.3. The average molecular weight is 202 g/mol. The second-order valence-electron chi connectivity index (χ2n) is 4.28. The smallest absolute Gasteiger partial charge is 0.126 e. The third kappa shape index (κ3) is 1.76. The molecule has 2 bridgehead atoms. The van der Waals surface area contributed by atoms with Crippen molar-refractivity contribution in [2.24, 2.45) is 5.41 Å². The van der Waals surface area contributed by atoms with E-state index in [1.165, 1.54) is 12.8 Å². The number of carbonyl (C=O) groups excluding carboxylic acids is 1. The second-order valence-corrected chi connectivity index (χ2v) is 5.89. The molecule has 1 nitrogen and oxygen atoms in total. The molecule has 2 heterocycles. The molecule has 0 aromatic rings. The Hall–Kier alpha value is -0.0500. The average Bonchev–Trinajstić information content (AvgIpc) is 2.47. The molecule has 0 amide bonds. The minimum absolute atomic E-state index is 0.300. The van der Waals surface area contributed by atoms with Crippen molar-refractivity contribution < 1.29 is 9.18 Å². The summed E-state index contributed by atoms with van der Waals surface area (Å²) in [5.74, 6) is 0.